The van der Waals surface area contributed by atoms with Crippen molar-refractivity contribution < 1.29 is 4.79 Å². The lowest BCUT2D eigenvalue weighted by atomic mass is 10.1. The van der Waals surface area contributed by atoms with E-state index in [0.29, 0.717) is 0 Å². The molecule has 6 heteroatoms. The fourth-order valence-corrected chi connectivity index (χ4v) is 2.24. The van der Waals surface area contributed by atoms with Crippen molar-refractivity contribution in [2.45, 2.75) is 19.4 Å². The average molecular weight is 229 g/mol. The third-order valence-electron chi connectivity index (χ3n) is 2.96. The monoisotopic (exact) mass is 229 g/mol. The maximum absolute atomic E-state index is 12.2. The second kappa shape index (κ2) is 3.65. The number of amides is 1. The van der Waals surface area contributed by atoms with Crippen LogP contribution in [0.4, 0.5) is 5.69 Å². The number of carbonyl (C=O) groups excluding carboxylic acids is 1. The summed E-state index contributed by atoms with van der Waals surface area (Å²) in [5, 5.41) is 13.2. The minimum absolute atomic E-state index is 0.105. The highest BCUT2D eigenvalue weighted by Gasteiger charge is 2.32. The number of anilines is 1. The van der Waals surface area contributed by atoms with Crippen molar-refractivity contribution in [3.05, 3.63) is 35.7 Å². The third-order valence-corrected chi connectivity index (χ3v) is 2.96. The molecule has 3 rings (SSSR count). The van der Waals surface area contributed by atoms with E-state index in [1.165, 1.54) is 5.56 Å². The van der Waals surface area contributed by atoms with Crippen LogP contribution in [0.1, 0.15) is 23.1 Å². The molecule has 0 aliphatic carbocycles. The smallest absolute Gasteiger partial charge is 0.300 e. The number of para-hydroxylation sites is 1. The topological polar surface area (TPSA) is 74.8 Å². The van der Waals surface area contributed by atoms with Gasteiger partial charge in [-0.1, -0.05) is 18.2 Å². The van der Waals surface area contributed by atoms with Crippen molar-refractivity contribution in [1.29, 1.82) is 0 Å². The van der Waals surface area contributed by atoms with Gasteiger partial charge >= 0.3 is 0 Å². The summed E-state index contributed by atoms with van der Waals surface area (Å²) in [4.78, 5) is 13.9. The number of aromatic nitrogens is 4. The van der Waals surface area contributed by atoms with E-state index in [2.05, 4.69) is 20.6 Å². The SMILES string of the molecule is CC1Cc2ccccc2N1C(=O)c1nn[nH]n1. The Hall–Kier alpha value is -2.24. The van der Waals surface area contributed by atoms with Crippen LogP contribution in [-0.2, 0) is 6.42 Å². The van der Waals surface area contributed by atoms with Crippen LogP contribution in [-0.4, -0.2) is 32.6 Å². The molecule has 1 aliphatic rings. The van der Waals surface area contributed by atoms with Gasteiger partial charge in [0.1, 0.15) is 0 Å². The summed E-state index contributed by atoms with van der Waals surface area (Å²) < 4.78 is 0. The van der Waals surface area contributed by atoms with Crippen LogP contribution in [0.5, 0.6) is 0 Å². The minimum Gasteiger partial charge on any atom is -0.302 e. The largest absolute Gasteiger partial charge is 0.302 e. The van der Waals surface area contributed by atoms with Crippen LogP contribution in [0.3, 0.4) is 0 Å². The summed E-state index contributed by atoms with van der Waals surface area (Å²) in [6.07, 6.45) is 0.861. The van der Waals surface area contributed by atoms with Crippen LogP contribution in [0.15, 0.2) is 24.3 Å². The number of H-pyrrole nitrogens is 1. The van der Waals surface area contributed by atoms with E-state index in [1.54, 1.807) is 4.90 Å². The number of benzene rings is 1. The quantitative estimate of drug-likeness (QED) is 0.784. The summed E-state index contributed by atoms with van der Waals surface area (Å²) in [5.74, 6) is -0.107. The minimum atomic E-state index is -0.212. The Labute approximate surface area is 97.6 Å². The van der Waals surface area contributed by atoms with Gasteiger partial charge in [0.2, 0.25) is 0 Å². The predicted molar refractivity (Wildman–Crippen MR) is 60.6 cm³/mol. The van der Waals surface area contributed by atoms with Crippen LogP contribution >= 0.6 is 0 Å². The summed E-state index contributed by atoms with van der Waals surface area (Å²) in [7, 11) is 0. The van der Waals surface area contributed by atoms with Crippen LogP contribution in [0.25, 0.3) is 0 Å². The molecule has 0 bridgehead atoms. The lowest BCUT2D eigenvalue weighted by Crippen LogP contribution is -2.36. The van der Waals surface area contributed by atoms with Crippen LogP contribution < -0.4 is 4.90 Å². The van der Waals surface area contributed by atoms with Gasteiger partial charge in [0, 0.05) is 11.7 Å². The van der Waals surface area contributed by atoms with E-state index in [4.69, 9.17) is 0 Å². The maximum Gasteiger partial charge on any atom is 0.300 e. The van der Waals surface area contributed by atoms with E-state index >= 15 is 0 Å². The second-order valence-electron chi connectivity index (χ2n) is 4.09. The molecule has 0 saturated carbocycles. The molecule has 1 amide bonds. The molecule has 0 radical (unpaired) electrons. The Morgan fingerprint density at radius 1 is 1.47 bits per heavy atom. The summed E-state index contributed by atoms with van der Waals surface area (Å²) >= 11 is 0. The van der Waals surface area contributed by atoms with Gasteiger partial charge < -0.3 is 4.90 Å². The second-order valence-corrected chi connectivity index (χ2v) is 4.09. The molecule has 1 aromatic carbocycles. The Morgan fingerprint density at radius 2 is 2.29 bits per heavy atom. The summed E-state index contributed by atoms with van der Waals surface area (Å²) in [6.45, 7) is 2.01. The number of nitrogens with zero attached hydrogens (tertiary/aromatic N) is 4. The van der Waals surface area contributed by atoms with Crippen molar-refractivity contribution in [2.75, 3.05) is 4.90 Å². The number of nitrogens with one attached hydrogen (secondary N) is 1. The number of aromatic amines is 1. The number of carbonyl (C=O) groups is 1. The number of rotatable bonds is 1. The Morgan fingerprint density at radius 3 is 3.06 bits per heavy atom. The van der Waals surface area contributed by atoms with Crippen molar-refractivity contribution in [3.63, 3.8) is 0 Å². The lowest BCUT2D eigenvalue weighted by Gasteiger charge is -2.20. The fourth-order valence-electron chi connectivity index (χ4n) is 2.24. The molecule has 2 heterocycles. The first-order valence-corrected chi connectivity index (χ1v) is 5.42. The zero-order valence-electron chi connectivity index (χ0n) is 9.29. The molecule has 17 heavy (non-hydrogen) atoms. The molecule has 2 aromatic rings. The molecule has 1 unspecified atom stereocenters. The van der Waals surface area contributed by atoms with Gasteiger partial charge in [-0.05, 0) is 30.2 Å². The Bertz CT molecular complexity index is 551. The number of hydrogen-bond donors (Lipinski definition) is 1. The molecule has 1 N–H and O–H groups in total. The van der Waals surface area contributed by atoms with E-state index in [1.807, 2.05) is 31.2 Å². The molecular formula is C11H11N5O. The number of tetrazole rings is 1. The molecular weight excluding hydrogens is 218 g/mol. The molecule has 0 spiro atoms. The number of hydrogen-bond acceptors (Lipinski definition) is 4. The summed E-state index contributed by atoms with van der Waals surface area (Å²) in [5.41, 5.74) is 2.12. The van der Waals surface area contributed by atoms with Gasteiger partial charge in [-0.2, -0.15) is 5.21 Å². The fraction of sp³-hybridized carbons (Fsp3) is 0.273. The molecule has 0 fully saturated rings. The van der Waals surface area contributed by atoms with Gasteiger partial charge in [0.15, 0.2) is 0 Å². The van der Waals surface area contributed by atoms with Crippen molar-refractivity contribution in [3.8, 4) is 0 Å². The third kappa shape index (κ3) is 1.49. The zero-order chi connectivity index (χ0) is 11.8. The Balaban J connectivity index is 2.01. The summed E-state index contributed by atoms with van der Waals surface area (Å²) in [6, 6.07) is 8.01. The van der Waals surface area contributed by atoms with Crippen molar-refractivity contribution >= 4 is 11.6 Å². The highest BCUT2D eigenvalue weighted by atomic mass is 16.2. The van der Waals surface area contributed by atoms with Gasteiger partial charge in [-0.3, -0.25) is 4.79 Å². The molecule has 1 aromatic heterocycles. The standard InChI is InChI=1S/C11H11N5O/c1-7-6-8-4-2-3-5-9(8)16(7)11(17)10-12-14-15-13-10/h2-5,7H,6H2,1H3,(H,12,13,14,15). The molecule has 1 aliphatic heterocycles. The average Bonchev–Trinajstić information content (AvgIpc) is 2.94. The lowest BCUT2D eigenvalue weighted by molar-refractivity contribution is 0.0971. The number of fused-ring (bicyclic) bond motifs is 1. The van der Waals surface area contributed by atoms with Gasteiger partial charge in [-0.15, -0.1) is 10.2 Å². The van der Waals surface area contributed by atoms with E-state index < -0.39 is 0 Å². The first-order valence-electron chi connectivity index (χ1n) is 5.42. The van der Waals surface area contributed by atoms with Crippen molar-refractivity contribution in [1.82, 2.24) is 20.6 Å². The zero-order valence-corrected chi connectivity index (χ0v) is 9.29. The molecule has 86 valence electrons. The predicted octanol–water partition coefficient (Wildman–Crippen LogP) is 0.791. The van der Waals surface area contributed by atoms with E-state index in [0.717, 1.165) is 12.1 Å². The first kappa shape index (κ1) is 9.95. The van der Waals surface area contributed by atoms with Gasteiger partial charge in [-0.25, -0.2) is 0 Å². The normalized spacial score (nSPS) is 18.2. The van der Waals surface area contributed by atoms with Gasteiger partial charge in [0.25, 0.3) is 11.7 Å². The Kier molecular flexibility index (Phi) is 2.14. The van der Waals surface area contributed by atoms with E-state index in [9.17, 15) is 4.79 Å². The highest BCUT2D eigenvalue weighted by Crippen LogP contribution is 2.32. The van der Waals surface area contributed by atoms with Crippen LogP contribution in [0.2, 0.25) is 0 Å². The van der Waals surface area contributed by atoms with Crippen LogP contribution in [0, 0.1) is 0 Å². The molecule has 0 saturated heterocycles. The molecule has 6 nitrogen and oxygen atoms in total. The van der Waals surface area contributed by atoms with E-state index in [-0.39, 0.29) is 17.8 Å². The van der Waals surface area contributed by atoms with Crippen molar-refractivity contribution in [2.24, 2.45) is 0 Å². The molecule has 1 atom stereocenters. The highest BCUT2D eigenvalue weighted by molar-refractivity contribution is 6.05. The maximum atomic E-state index is 12.2. The first-order chi connectivity index (χ1) is 8.27. The van der Waals surface area contributed by atoms with Gasteiger partial charge in [0.05, 0.1) is 0 Å².